The molecule has 28 heavy (non-hydrogen) atoms. The van der Waals surface area contributed by atoms with Crippen LogP contribution in [0, 0.1) is 46.3 Å². The molecule has 0 heteroatoms. The lowest BCUT2D eigenvalue weighted by molar-refractivity contribution is -0.0449. The molecule has 0 aromatic heterocycles. The van der Waals surface area contributed by atoms with Gasteiger partial charge in [0.25, 0.3) is 0 Å². The SMILES string of the molecule is C=C(CC[C@@H](C)[C@H]1CCC2C3CC=C4C=CCC[C@]4(C)C3CC[C@@]21C)C(C)C. The van der Waals surface area contributed by atoms with Gasteiger partial charge in [-0.25, -0.2) is 0 Å². The highest BCUT2D eigenvalue weighted by Crippen LogP contribution is 2.66. The van der Waals surface area contributed by atoms with Crippen LogP contribution in [-0.2, 0) is 0 Å². The first kappa shape index (κ1) is 20.5. The number of hydrogen-bond acceptors (Lipinski definition) is 0. The second-order valence-corrected chi connectivity index (χ2v) is 11.7. The van der Waals surface area contributed by atoms with Gasteiger partial charge in [0.05, 0.1) is 0 Å². The molecule has 0 amide bonds. The fourth-order valence-corrected chi connectivity index (χ4v) is 8.18. The van der Waals surface area contributed by atoms with E-state index in [9.17, 15) is 0 Å². The van der Waals surface area contributed by atoms with E-state index in [-0.39, 0.29) is 0 Å². The maximum absolute atomic E-state index is 4.34. The lowest BCUT2D eigenvalue weighted by Gasteiger charge is -2.57. The largest absolute Gasteiger partial charge is 0.0996 e. The van der Waals surface area contributed by atoms with Gasteiger partial charge in [-0.1, -0.05) is 65.0 Å². The summed E-state index contributed by atoms with van der Waals surface area (Å²) in [7, 11) is 0. The van der Waals surface area contributed by atoms with Gasteiger partial charge in [0.15, 0.2) is 0 Å². The van der Waals surface area contributed by atoms with E-state index >= 15 is 0 Å². The molecule has 0 radical (unpaired) electrons. The smallest absolute Gasteiger partial charge is 0.00445 e. The van der Waals surface area contributed by atoms with Crippen LogP contribution in [0.3, 0.4) is 0 Å². The Balaban J connectivity index is 1.50. The van der Waals surface area contributed by atoms with Gasteiger partial charge in [0, 0.05) is 0 Å². The van der Waals surface area contributed by atoms with Gasteiger partial charge in [-0.15, -0.1) is 0 Å². The van der Waals surface area contributed by atoms with Crippen LogP contribution in [0.4, 0.5) is 0 Å². The molecule has 0 aromatic rings. The lowest BCUT2D eigenvalue weighted by atomic mass is 9.47. The topological polar surface area (TPSA) is 0 Å². The second-order valence-electron chi connectivity index (χ2n) is 11.7. The van der Waals surface area contributed by atoms with E-state index < -0.39 is 0 Å². The quantitative estimate of drug-likeness (QED) is 0.420. The molecule has 3 unspecified atom stereocenters. The van der Waals surface area contributed by atoms with Crippen molar-refractivity contribution in [3.63, 3.8) is 0 Å². The molecule has 4 rings (SSSR count). The zero-order valence-corrected chi connectivity index (χ0v) is 19.3. The average Bonchev–Trinajstić information content (AvgIpc) is 3.02. The standard InChI is InChI=1S/C28H44/c1-19(2)20(3)10-11-21(4)24-14-15-25-23-13-12-22-9-7-8-17-27(22,5)26(23)16-18-28(24,25)6/h7,9,12,19,21,23-26H,3,8,10-11,13-18H2,1-2,4-6H3/t21-,23?,24-,25?,26?,27+,28-/m1/s1. The highest BCUT2D eigenvalue weighted by molar-refractivity contribution is 5.34. The van der Waals surface area contributed by atoms with Gasteiger partial charge in [-0.2, -0.15) is 0 Å². The van der Waals surface area contributed by atoms with Crippen LogP contribution in [0.15, 0.2) is 36.0 Å². The van der Waals surface area contributed by atoms with Crippen molar-refractivity contribution < 1.29 is 0 Å². The van der Waals surface area contributed by atoms with Crippen LogP contribution in [0.2, 0.25) is 0 Å². The minimum Gasteiger partial charge on any atom is -0.0996 e. The Labute approximate surface area is 175 Å². The molecule has 0 saturated heterocycles. The molecular formula is C28H44. The van der Waals surface area contributed by atoms with Crippen LogP contribution >= 0.6 is 0 Å². The van der Waals surface area contributed by atoms with E-state index in [0.29, 0.717) is 16.7 Å². The molecule has 156 valence electrons. The number of allylic oxidation sites excluding steroid dienone is 5. The van der Waals surface area contributed by atoms with Crippen molar-refractivity contribution in [2.45, 2.75) is 92.4 Å². The van der Waals surface area contributed by atoms with E-state index in [1.54, 1.807) is 5.57 Å². The minimum atomic E-state index is 0.470. The van der Waals surface area contributed by atoms with Crippen LogP contribution in [0.1, 0.15) is 92.4 Å². The van der Waals surface area contributed by atoms with Crippen molar-refractivity contribution in [2.75, 3.05) is 0 Å². The Bertz CT molecular complexity index is 664. The molecule has 4 aliphatic carbocycles. The molecule has 0 N–H and O–H groups in total. The molecular weight excluding hydrogens is 336 g/mol. The highest BCUT2D eigenvalue weighted by atomic mass is 14.6. The molecule has 0 aliphatic heterocycles. The summed E-state index contributed by atoms with van der Waals surface area (Å²) >= 11 is 0. The predicted molar refractivity (Wildman–Crippen MR) is 122 cm³/mol. The number of rotatable bonds is 5. The summed E-state index contributed by atoms with van der Waals surface area (Å²) in [5.41, 5.74) is 4.20. The van der Waals surface area contributed by atoms with Gasteiger partial charge in [-0.05, 0) is 110 Å². The second kappa shape index (κ2) is 7.48. The summed E-state index contributed by atoms with van der Waals surface area (Å²) < 4.78 is 0. The Morgan fingerprint density at radius 2 is 1.89 bits per heavy atom. The van der Waals surface area contributed by atoms with E-state index in [1.807, 2.05) is 0 Å². The van der Waals surface area contributed by atoms with Gasteiger partial charge < -0.3 is 0 Å². The zero-order valence-electron chi connectivity index (χ0n) is 19.3. The molecule has 7 atom stereocenters. The maximum atomic E-state index is 4.34. The maximum Gasteiger partial charge on any atom is -0.00445 e. The molecule has 0 aromatic carbocycles. The van der Waals surface area contributed by atoms with E-state index in [4.69, 9.17) is 0 Å². The fourth-order valence-electron chi connectivity index (χ4n) is 8.18. The first-order valence-corrected chi connectivity index (χ1v) is 12.3. The van der Waals surface area contributed by atoms with Gasteiger partial charge in [0.2, 0.25) is 0 Å². The highest BCUT2D eigenvalue weighted by Gasteiger charge is 2.58. The van der Waals surface area contributed by atoms with Crippen molar-refractivity contribution in [2.24, 2.45) is 46.3 Å². The molecule has 0 heterocycles. The summed E-state index contributed by atoms with van der Waals surface area (Å²) in [6, 6.07) is 0. The third-order valence-electron chi connectivity index (χ3n) is 10.2. The van der Waals surface area contributed by atoms with Crippen molar-refractivity contribution in [1.82, 2.24) is 0 Å². The summed E-state index contributed by atoms with van der Waals surface area (Å²) in [4.78, 5) is 0. The average molecular weight is 381 g/mol. The Kier molecular flexibility index (Phi) is 5.47. The van der Waals surface area contributed by atoms with E-state index in [2.05, 4.69) is 59.4 Å². The zero-order chi connectivity index (χ0) is 20.1. The predicted octanol–water partition coefficient (Wildman–Crippen LogP) is 8.36. The Hall–Kier alpha value is -0.780. The number of hydrogen-bond donors (Lipinski definition) is 0. The van der Waals surface area contributed by atoms with Crippen molar-refractivity contribution in [3.8, 4) is 0 Å². The van der Waals surface area contributed by atoms with Crippen LogP contribution in [-0.4, -0.2) is 0 Å². The first-order chi connectivity index (χ1) is 13.3. The Morgan fingerprint density at radius 3 is 2.64 bits per heavy atom. The van der Waals surface area contributed by atoms with Crippen LogP contribution in [0.5, 0.6) is 0 Å². The lowest BCUT2D eigenvalue weighted by Crippen LogP contribution is -2.49. The van der Waals surface area contributed by atoms with Crippen molar-refractivity contribution >= 4 is 0 Å². The van der Waals surface area contributed by atoms with Crippen molar-refractivity contribution in [3.05, 3.63) is 36.0 Å². The molecule has 2 saturated carbocycles. The van der Waals surface area contributed by atoms with Crippen LogP contribution in [0.25, 0.3) is 0 Å². The summed E-state index contributed by atoms with van der Waals surface area (Å²) in [6.07, 6.45) is 20.1. The molecule has 2 fully saturated rings. The molecule has 0 bridgehead atoms. The summed E-state index contributed by atoms with van der Waals surface area (Å²) in [5, 5.41) is 0. The van der Waals surface area contributed by atoms with E-state index in [1.165, 1.54) is 63.4 Å². The van der Waals surface area contributed by atoms with Crippen molar-refractivity contribution in [1.29, 1.82) is 0 Å². The monoisotopic (exact) mass is 380 g/mol. The minimum absolute atomic E-state index is 0.470. The summed E-state index contributed by atoms with van der Waals surface area (Å²) in [5.74, 6) is 5.27. The fraction of sp³-hybridized carbons (Fsp3) is 0.786. The van der Waals surface area contributed by atoms with Crippen LogP contribution < -0.4 is 0 Å². The van der Waals surface area contributed by atoms with Gasteiger partial charge in [-0.3, -0.25) is 0 Å². The van der Waals surface area contributed by atoms with Gasteiger partial charge >= 0.3 is 0 Å². The van der Waals surface area contributed by atoms with Gasteiger partial charge in [0.1, 0.15) is 0 Å². The molecule has 0 spiro atoms. The molecule has 4 aliphatic rings. The third-order valence-corrected chi connectivity index (χ3v) is 10.2. The Morgan fingerprint density at radius 1 is 1.11 bits per heavy atom. The first-order valence-electron chi connectivity index (χ1n) is 12.3. The van der Waals surface area contributed by atoms with E-state index in [0.717, 1.165) is 29.6 Å². The normalized spacial score (nSPS) is 43.1. The third kappa shape index (κ3) is 3.18. The summed E-state index contributed by atoms with van der Waals surface area (Å²) in [6.45, 7) is 16.8. The molecule has 0 nitrogen and oxygen atoms in total. The number of fused-ring (bicyclic) bond motifs is 5.